The minimum Gasteiger partial charge on any atom is -0.310 e. The van der Waals surface area contributed by atoms with Crippen molar-refractivity contribution in [3.8, 4) is 0 Å². The van der Waals surface area contributed by atoms with E-state index in [9.17, 15) is 0 Å². The highest BCUT2D eigenvalue weighted by molar-refractivity contribution is 5.03. The molecule has 1 N–H and O–H groups in total. The van der Waals surface area contributed by atoms with Crippen LogP contribution in [0.1, 0.15) is 32.2 Å². The lowest BCUT2D eigenvalue weighted by atomic mass is 9.97. The molecule has 1 aromatic rings. The molecule has 0 fully saturated rings. The number of hydrogen-bond donors (Lipinski definition) is 1. The highest BCUT2D eigenvalue weighted by Crippen LogP contribution is 2.10. The molecule has 1 heterocycles. The van der Waals surface area contributed by atoms with Crippen LogP contribution in [0.5, 0.6) is 0 Å². The van der Waals surface area contributed by atoms with E-state index >= 15 is 0 Å². The van der Waals surface area contributed by atoms with Crippen molar-refractivity contribution in [3.05, 3.63) is 11.4 Å². The summed E-state index contributed by atoms with van der Waals surface area (Å²) in [4.78, 5) is 0. The second-order valence-corrected chi connectivity index (χ2v) is 4.46. The van der Waals surface area contributed by atoms with E-state index in [-0.39, 0.29) is 0 Å². The first kappa shape index (κ1) is 10.2. The van der Waals surface area contributed by atoms with Gasteiger partial charge >= 0.3 is 0 Å². The zero-order valence-corrected chi connectivity index (χ0v) is 8.72. The zero-order valence-electron chi connectivity index (χ0n) is 8.72. The molecular formula is C9H17N3O. The van der Waals surface area contributed by atoms with Crippen LogP contribution in [0.4, 0.5) is 0 Å². The SMILES string of the molecule is Cc1nonc1CNCC(C)(C)C. The van der Waals surface area contributed by atoms with Crippen LogP contribution in [0.15, 0.2) is 4.63 Å². The second-order valence-electron chi connectivity index (χ2n) is 4.46. The minimum absolute atomic E-state index is 0.297. The lowest BCUT2D eigenvalue weighted by Crippen LogP contribution is -2.26. The van der Waals surface area contributed by atoms with E-state index in [0.717, 1.165) is 24.5 Å². The molecule has 0 radical (unpaired) electrons. The van der Waals surface area contributed by atoms with Gasteiger partial charge in [0.15, 0.2) is 0 Å². The maximum atomic E-state index is 4.59. The van der Waals surface area contributed by atoms with Crippen molar-refractivity contribution in [2.75, 3.05) is 6.54 Å². The molecule has 74 valence electrons. The molecule has 0 aliphatic rings. The van der Waals surface area contributed by atoms with Gasteiger partial charge in [0.1, 0.15) is 11.4 Å². The van der Waals surface area contributed by atoms with E-state index in [0.29, 0.717) is 5.41 Å². The maximum Gasteiger partial charge on any atom is 0.121 e. The third-order valence-corrected chi connectivity index (χ3v) is 1.69. The highest BCUT2D eigenvalue weighted by Gasteiger charge is 2.10. The van der Waals surface area contributed by atoms with Crippen LogP contribution in [0, 0.1) is 12.3 Å². The maximum absolute atomic E-state index is 4.59. The normalized spacial score (nSPS) is 12.0. The summed E-state index contributed by atoms with van der Waals surface area (Å²) in [6.45, 7) is 10.1. The standard InChI is InChI=1S/C9H17N3O/c1-7-8(12-13-11-7)5-10-6-9(2,3)4/h10H,5-6H2,1-4H3. The van der Waals surface area contributed by atoms with E-state index in [4.69, 9.17) is 0 Å². The Morgan fingerprint density at radius 3 is 2.46 bits per heavy atom. The lowest BCUT2D eigenvalue weighted by molar-refractivity contribution is 0.299. The first-order chi connectivity index (χ1) is 5.99. The van der Waals surface area contributed by atoms with E-state index in [2.05, 4.69) is 41.0 Å². The van der Waals surface area contributed by atoms with Gasteiger partial charge in [-0.15, -0.1) is 0 Å². The van der Waals surface area contributed by atoms with Crippen LogP contribution >= 0.6 is 0 Å². The summed E-state index contributed by atoms with van der Waals surface area (Å²) in [6.07, 6.45) is 0. The Labute approximate surface area is 78.7 Å². The fraction of sp³-hybridized carbons (Fsp3) is 0.778. The molecule has 0 amide bonds. The van der Waals surface area contributed by atoms with Gasteiger partial charge in [0, 0.05) is 13.1 Å². The third kappa shape index (κ3) is 3.55. The number of hydrogen-bond acceptors (Lipinski definition) is 4. The van der Waals surface area contributed by atoms with Gasteiger partial charge in [-0.25, -0.2) is 4.63 Å². The number of nitrogens with zero attached hydrogens (tertiary/aromatic N) is 2. The topological polar surface area (TPSA) is 51.0 Å². The molecule has 13 heavy (non-hydrogen) atoms. The van der Waals surface area contributed by atoms with Gasteiger partial charge in [0.05, 0.1) is 0 Å². The summed E-state index contributed by atoms with van der Waals surface area (Å²) in [6, 6.07) is 0. The predicted molar refractivity (Wildman–Crippen MR) is 50.2 cm³/mol. The Morgan fingerprint density at radius 2 is 2.00 bits per heavy atom. The molecule has 0 unspecified atom stereocenters. The third-order valence-electron chi connectivity index (χ3n) is 1.69. The number of nitrogens with one attached hydrogen (secondary N) is 1. The first-order valence-electron chi connectivity index (χ1n) is 4.48. The van der Waals surface area contributed by atoms with Crippen molar-refractivity contribution >= 4 is 0 Å². The van der Waals surface area contributed by atoms with Crippen LogP contribution in [-0.2, 0) is 6.54 Å². The lowest BCUT2D eigenvalue weighted by Gasteiger charge is -2.18. The monoisotopic (exact) mass is 183 g/mol. The summed E-state index contributed by atoms with van der Waals surface area (Å²) in [5.41, 5.74) is 2.05. The first-order valence-corrected chi connectivity index (χ1v) is 4.48. The summed E-state index contributed by atoms with van der Waals surface area (Å²) < 4.78 is 4.59. The van der Waals surface area contributed by atoms with Gasteiger partial charge in [-0.05, 0) is 12.3 Å². The number of aromatic nitrogens is 2. The van der Waals surface area contributed by atoms with Gasteiger partial charge in [0.2, 0.25) is 0 Å². The van der Waals surface area contributed by atoms with Crippen LogP contribution in [0.3, 0.4) is 0 Å². The summed E-state index contributed by atoms with van der Waals surface area (Å²) in [7, 11) is 0. The number of rotatable bonds is 3. The quantitative estimate of drug-likeness (QED) is 0.771. The van der Waals surface area contributed by atoms with Crippen LogP contribution in [0.2, 0.25) is 0 Å². The summed E-state index contributed by atoms with van der Waals surface area (Å²) in [5, 5.41) is 10.8. The van der Waals surface area contributed by atoms with E-state index < -0.39 is 0 Å². The predicted octanol–water partition coefficient (Wildman–Crippen LogP) is 1.51. The van der Waals surface area contributed by atoms with Crippen LogP contribution in [0.25, 0.3) is 0 Å². The van der Waals surface area contributed by atoms with Gasteiger partial charge in [-0.3, -0.25) is 0 Å². The van der Waals surface area contributed by atoms with Crippen molar-refractivity contribution in [2.24, 2.45) is 5.41 Å². The fourth-order valence-electron chi connectivity index (χ4n) is 0.966. The van der Waals surface area contributed by atoms with Crippen molar-refractivity contribution in [1.29, 1.82) is 0 Å². The van der Waals surface area contributed by atoms with E-state index in [1.807, 2.05) is 6.92 Å². The molecule has 0 aliphatic carbocycles. The van der Waals surface area contributed by atoms with Crippen molar-refractivity contribution in [2.45, 2.75) is 34.2 Å². The summed E-state index contributed by atoms with van der Waals surface area (Å²) >= 11 is 0. The molecule has 0 bridgehead atoms. The Balaban J connectivity index is 2.32. The highest BCUT2D eigenvalue weighted by atomic mass is 16.6. The molecule has 1 aromatic heterocycles. The molecule has 1 rings (SSSR count). The van der Waals surface area contributed by atoms with Crippen LogP contribution in [-0.4, -0.2) is 16.9 Å². The Kier molecular flexibility index (Phi) is 3.03. The molecule has 0 saturated heterocycles. The zero-order chi connectivity index (χ0) is 9.90. The van der Waals surface area contributed by atoms with Gasteiger partial charge < -0.3 is 5.32 Å². The molecule has 0 saturated carbocycles. The van der Waals surface area contributed by atoms with Gasteiger partial charge in [-0.1, -0.05) is 31.1 Å². The number of aryl methyl sites for hydroxylation is 1. The molecule has 4 heteroatoms. The molecule has 0 aliphatic heterocycles. The van der Waals surface area contributed by atoms with Crippen molar-refractivity contribution in [1.82, 2.24) is 15.6 Å². The van der Waals surface area contributed by atoms with Crippen molar-refractivity contribution in [3.63, 3.8) is 0 Å². The van der Waals surface area contributed by atoms with E-state index in [1.165, 1.54) is 0 Å². The van der Waals surface area contributed by atoms with Crippen LogP contribution < -0.4 is 5.32 Å². The average Bonchev–Trinajstić information content (AvgIpc) is 2.34. The molecule has 4 nitrogen and oxygen atoms in total. The second kappa shape index (κ2) is 3.87. The van der Waals surface area contributed by atoms with Crippen molar-refractivity contribution < 1.29 is 4.63 Å². The largest absolute Gasteiger partial charge is 0.310 e. The molecule has 0 atom stereocenters. The average molecular weight is 183 g/mol. The van der Waals surface area contributed by atoms with E-state index in [1.54, 1.807) is 0 Å². The Morgan fingerprint density at radius 1 is 1.31 bits per heavy atom. The molecule has 0 aromatic carbocycles. The van der Waals surface area contributed by atoms with Gasteiger partial charge in [-0.2, -0.15) is 0 Å². The summed E-state index contributed by atoms with van der Waals surface area (Å²) in [5.74, 6) is 0. The Bertz CT molecular complexity index is 262. The smallest absolute Gasteiger partial charge is 0.121 e. The van der Waals surface area contributed by atoms with Gasteiger partial charge in [0.25, 0.3) is 0 Å². The Hall–Kier alpha value is -0.900. The molecular weight excluding hydrogens is 166 g/mol. The molecule has 0 spiro atoms. The fourth-order valence-corrected chi connectivity index (χ4v) is 0.966. The minimum atomic E-state index is 0.297.